The maximum absolute atomic E-state index is 13.1. The molecule has 1 unspecified atom stereocenters. The van der Waals surface area contributed by atoms with Gasteiger partial charge in [0.1, 0.15) is 11.5 Å². The lowest BCUT2D eigenvalue weighted by Gasteiger charge is -2.24. The van der Waals surface area contributed by atoms with E-state index in [9.17, 15) is 4.79 Å². The summed E-state index contributed by atoms with van der Waals surface area (Å²) in [5.74, 6) is 2.15. The zero-order valence-electron chi connectivity index (χ0n) is 15.1. The Morgan fingerprint density at radius 2 is 1.96 bits per heavy atom. The number of carbonyl (C=O) groups excluding carboxylic acids is 1. The van der Waals surface area contributed by atoms with E-state index < -0.39 is 0 Å². The zero-order valence-corrected chi connectivity index (χ0v) is 15.1. The third-order valence-electron chi connectivity index (χ3n) is 5.70. The van der Waals surface area contributed by atoms with Crippen LogP contribution in [-0.4, -0.2) is 61.6 Å². The zero-order chi connectivity index (χ0) is 17.2. The van der Waals surface area contributed by atoms with Crippen LogP contribution in [0.3, 0.4) is 0 Å². The topological polar surface area (TPSA) is 42.0 Å². The normalized spacial score (nSPS) is 23.9. The maximum Gasteiger partial charge on any atom is 0.257 e. The quantitative estimate of drug-likeness (QED) is 0.796. The van der Waals surface area contributed by atoms with Crippen LogP contribution >= 0.6 is 0 Å². The van der Waals surface area contributed by atoms with Crippen LogP contribution in [0.5, 0.6) is 11.5 Å². The van der Waals surface area contributed by atoms with Crippen LogP contribution < -0.4 is 9.47 Å². The fourth-order valence-corrected chi connectivity index (χ4v) is 3.92. The number of hydrogen-bond acceptors (Lipinski definition) is 4. The Bertz CT molecular complexity index is 623. The first-order chi connectivity index (χ1) is 12.2. The van der Waals surface area contributed by atoms with Gasteiger partial charge in [0.05, 0.1) is 19.3 Å². The van der Waals surface area contributed by atoms with Crippen molar-refractivity contribution >= 4 is 5.91 Å². The summed E-state index contributed by atoms with van der Waals surface area (Å²) in [6, 6.07) is 6.09. The summed E-state index contributed by atoms with van der Waals surface area (Å²) in [6.07, 6.45) is 6.14. The van der Waals surface area contributed by atoms with Crippen molar-refractivity contribution in [2.75, 3.05) is 39.9 Å². The SMILES string of the molecule is COc1ccc(C(=O)N2CCC(N3CCCC3)C2)c(OCC2CC2)c1. The van der Waals surface area contributed by atoms with Crippen molar-refractivity contribution in [1.29, 1.82) is 0 Å². The summed E-state index contributed by atoms with van der Waals surface area (Å²) in [5.41, 5.74) is 0.670. The molecule has 136 valence electrons. The fourth-order valence-electron chi connectivity index (χ4n) is 3.92. The van der Waals surface area contributed by atoms with Crippen molar-refractivity contribution in [2.45, 2.75) is 38.1 Å². The molecule has 1 saturated carbocycles. The van der Waals surface area contributed by atoms with E-state index >= 15 is 0 Å². The van der Waals surface area contributed by atoms with E-state index in [-0.39, 0.29) is 5.91 Å². The van der Waals surface area contributed by atoms with E-state index in [4.69, 9.17) is 9.47 Å². The van der Waals surface area contributed by atoms with Gasteiger partial charge < -0.3 is 14.4 Å². The third-order valence-corrected chi connectivity index (χ3v) is 5.70. The van der Waals surface area contributed by atoms with Crippen LogP contribution in [0.4, 0.5) is 0 Å². The van der Waals surface area contributed by atoms with E-state index in [1.54, 1.807) is 7.11 Å². The van der Waals surface area contributed by atoms with Crippen LogP contribution in [-0.2, 0) is 0 Å². The minimum Gasteiger partial charge on any atom is -0.497 e. The number of nitrogens with zero attached hydrogens (tertiary/aromatic N) is 2. The van der Waals surface area contributed by atoms with Crippen molar-refractivity contribution in [3.8, 4) is 11.5 Å². The summed E-state index contributed by atoms with van der Waals surface area (Å²) in [6.45, 7) is 4.75. The lowest BCUT2D eigenvalue weighted by Crippen LogP contribution is -2.37. The Balaban J connectivity index is 1.46. The number of carbonyl (C=O) groups is 1. The van der Waals surface area contributed by atoms with E-state index in [2.05, 4.69) is 4.90 Å². The summed E-state index contributed by atoms with van der Waals surface area (Å²) in [5, 5.41) is 0. The van der Waals surface area contributed by atoms with Gasteiger partial charge >= 0.3 is 0 Å². The number of hydrogen-bond donors (Lipinski definition) is 0. The van der Waals surface area contributed by atoms with Gasteiger partial charge in [-0.2, -0.15) is 0 Å². The number of likely N-dealkylation sites (tertiary alicyclic amines) is 2. The lowest BCUT2D eigenvalue weighted by atomic mass is 10.1. The molecular formula is C20H28N2O3. The number of ether oxygens (including phenoxy) is 2. The number of benzene rings is 1. The Hall–Kier alpha value is -1.75. The van der Waals surface area contributed by atoms with Gasteiger partial charge in [-0.15, -0.1) is 0 Å². The molecule has 3 fully saturated rings. The molecule has 2 aliphatic heterocycles. The van der Waals surface area contributed by atoms with Gasteiger partial charge in [0.25, 0.3) is 5.91 Å². The molecule has 0 N–H and O–H groups in total. The molecule has 3 aliphatic rings. The van der Waals surface area contributed by atoms with Crippen molar-refractivity contribution in [3.05, 3.63) is 23.8 Å². The van der Waals surface area contributed by atoms with Gasteiger partial charge in [0, 0.05) is 25.2 Å². The summed E-state index contributed by atoms with van der Waals surface area (Å²) in [4.78, 5) is 17.6. The predicted octanol–water partition coefficient (Wildman–Crippen LogP) is 2.79. The van der Waals surface area contributed by atoms with Crippen LogP contribution in [0.25, 0.3) is 0 Å². The predicted molar refractivity (Wildman–Crippen MR) is 96.3 cm³/mol. The molecule has 1 amide bonds. The highest BCUT2D eigenvalue weighted by atomic mass is 16.5. The molecule has 0 bridgehead atoms. The van der Waals surface area contributed by atoms with E-state index in [1.165, 1.54) is 38.8 Å². The second kappa shape index (κ2) is 7.24. The molecule has 0 radical (unpaired) electrons. The Morgan fingerprint density at radius 3 is 2.68 bits per heavy atom. The number of rotatable bonds is 6. The molecule has 5 nitrogen and oxygen atoms in total. The molecule has 0 aromatic heterocycles. The van der Waals surface area contributed by atoms with Gasteiger partial charge in [-0.25, -0.2) is 0 Å². The molecule has 2 saturated heterocycles. The number of methoxy groups -OCH3 is 1. The first kappa shape index (κ1) is 16.7. The smallest absolute Gasteiger partial charge is 0.257 e. The van der Waals surface area contributed by atoms with Crippen molar-refractivity contribution in [3.63, 3.8) is 0 Å². The molecular weight excluding hydrogens is 316 g/mol. The molecule has 1 atom stereocenters. The highest BCUT2D eigenvalue weighted by Crippen LogP contribution is 2.33. The molecule has 4 rings (SSSR count). The highest BCUT2D eigenvalue weighted by Gasteiger charge is 2.33. The molecule has 25 heavy (non-hydrogen) atoms. The third kappa shape index (κ3) is 3.76. The first-order valence-corrected chi connectivity index (χ1v) is 9.59. The summed E-state index contributed by atoms with van der Waals surface area (Å²) < 4.78 is 11.3. The molecule has 0 spiro atoms. The molecule has 1 aromatic carbocycles. The van der Waals surface area contributed by atoms with Crippen molar-refractivity contribution < 1.29 is 14.3 Å². The van der Waals surface area contributed by atoms with Gasteiger partial charge in [0.15, 0.2) is 0 Å². The maximum atomic E-state index is 13.1. The standard InChI is InChI=1S/C20H28N2O3/c1-24-17-6-7-18(19(12-17)25-14-15-4-5-15)20(23)22-11-8-16(13-22)21-9-2-3-10-21/h6-7,12,15-16H,2-5,8-11,13-14H2,1H3. The fraction of sp³-hybridized carbons (Fsp3) is 0.650. The van der Waals surface area contributed by atoms with Crippen molar-refractivity contribution in [1.82, 2.24) is 9.80 Å². The lowest BCUT2D eigenvalue weighted by molar-refractivity contribution is 0.0775. The average Bonchev–Trinajstić information content (AvgIpc) is 3.11. The van der Waals surface area contributed by atoms with Crippen LogP contribution in [0.15, 0.2) is 18.2 Å². The molecule has 1 aromatic rings. The van der Waals surface area contributed by atoms with E-state index in [1.807, 2.05) is 23.1 Å². The van der Waals surface area contributed by atoms with Gasteiger partial charge in [-0.1, -0.05) is 0 Å². The Morgan fingerprint density at radius 1 is 1.16 bits per heavy atom. The monoisotopic (exact) mass is 344 g/mol. The molecule has 1 aliphatic carbocycles. The first-order valence-electron chi connectivity index (χ1n) is 9.59. The minimum absolute atomic E-state index is 0.0927. The van der Waals surface area contributed by atoms with Gasteiger partial charge in [-0.3, -0.25) is 9.69 Å². The van der Waals surface area contributed by atoms with Crippen molar-refractivity contribution in [2.24, 2.45) is 5.92 Å². The highest BCUT2D eigenvalue weighted by molar-refractivity contribution is 5.97. The van der Waals surface area contributed by atoms with E-state index in [0.29, 0.717) is 29.9 Å². The van der Waals surface area contributed by atoms with Crippen LogP contribution in [0, 0.1) is 5.92 Å². The average molecular weight is 344 g/mol. The number of amides is 1. The second-order valence-corrected chi connectivity index (χ2v) is 7.55. The largest absolute Gasteiger partial charge is 0.497 e. The Labute approximate surface area is 149 Å². The van der Waals surface area contributed by atoms with Crippen LogP contribution in [0.2, 0.25) is 0 Å². The minimum atomic E-state index is 0.0927. The van der Waals surface area contributed by atoms with Gasteiger partial charge in [0.2, 0.25) is 0 Å². The Kier molecular flexibility index (Phi) is 4.84. The molecule has 5 heteroatoms. The van der Waals surface area contributed by atoms with E-state index in [0.717, 1.165) is 25.3 Å². The summed E-state index contributed by atoms with van der Waals surface area (Å²) >= 11 is 0. The second-order valence-electron chi connectivity index (χ2n) is 7.55. The summed E-state index contributed by atoms with van der Waals surface area (Å²) in [7, 11) is 1.64. The van der Waals surface area contributed by atoms with Gasteiger partial charge in [-0.05, 0) is 63.2 Å². The van der Waals surface area contributed by atoms with Crippen LogP contribution in [0.1, 0.15) is 42.5 Å². The molecule has 2 heterocycles.